The summed E-state index contributed by atoms with van der Waals surface area (Å²) in [5.74, 6) is 0.451. The second kappa shape index (κ2) is 8.39. The predicted molar refractivity (Wildman–Crippen MR) is 109 cm³/mol. The van der Waals surface area contributed by atoms with Crippen molar-refractivity contribution in [1.29, 1.82) is 0 Å². The minimum Gasteiger partial charge on any atom is -0.487 e. The minimum absolute atomic E-state index is 0.00732. The molecular weight excluding hydrogens is 396 g/mol. The number of hydrogen-bond acceptors (Lipinski definition) is 9. The lowest BCUT2D eigenvalue weighted by Gasteiger charge is -2.08. The van der Waals surface area contributed by atoms with E-state index in [-0.39, 0.29) is 12.3 Å². The van der Waals surface area contributed by atoms with Crippen LogP contribution < -0.4 is 15.8 Å². The van der Waals surface area contributed by atoms with Crippen LogP contribution in [0.25, 0.3) is 11.0 Å². The lowest BCUT2D eigenvalue weighted by atomic mass is 10.1. The van der Waals surface area contributed by atoms with Crippen LogP contribution >= 0.6 is 0 Å². The summed E-state index contributed by atoms with van der Waals surface area (Å²) in [5.41, 5.74) is 2.85. The number of fused-ring (bicyclic) bond motifs is 1. The van der Waals surface area contributed by atoms with Gasteiger partial charge in [-0.2, -0.15) is 5.10 Å². The standard InChI is InChI=1S/C19H16N4O7/c1-11-7-19(24)30-18-9-14(4-5-15(11)18)29-10-12(2)20-21-16-6-3-13(22(25)26)8-17(16)23(27)28/h3-9,21H,10H2,1-2H3/b20-12+. The molecule has 0 aliphatic heterocycles. The Kier molecular flexibility index (Phi) is 5.72. The molecule has 2 aromatic carbocycles. The molecule has 11 heteroatoms. The molecular formula is C19H16N4O7. The van der Waals surface area contributed by atoms with Gasteiger partial charge >= 0.3 is 11.3 Å². The van der Waals surface area contributed by atoms with E-state index >= 15 is 0 Å². The molecule has 1 aromatic heterocycles. The molecule has 1 N–H and O–H groups in total. The van der Waals surface area contributed by atoms with Crippen molar-refractivity contribution in [2.75, 3.05) is 12.0 Å². The second-order valence-corrected chi connectivity index (χ2v) is 6.37. The Hall–Kier alpha value is -4.28. The van der Waals surface area contributed by atoms with Gasteiger partial charge in [0.15, 0.2) is 0 Å². The van der Waals surface area contributed by atoms with E-state index in [4.69, 9.17) is 9.15 Å². The molecule has 0 amide bonds. The molecule has 0 aliphatic rings. The molecule has 3 aromatic rings. The van der Waals surface area contributed by atoms with Gasteiger partial charge in [-0.15, -0.1) is 0 Å². The lowest BCUT2D eigenvalue weighted by Crippen LogP contribution is -2.10. The van der Waals surface area contributed by atoms with Crippen LogP contribution in [0, 0.1) is 27.2 Å². The Labute approximate surface area is 168 Å². The number of nitrogens with one attached hydrogen (secondary N) is 1. The van der Waals surface area contributed by atoms with Crippen molar-refractivity contribution in [3.05, 3.63) is 78.7 Å². The number of ether oxygens (including phenoxy) is 1. The average Bonchev–Trinajstić information content (AvgIpc) is 2.69. The van der Waals surface area contributed by atoms with Crippen LogP contribution in [0.15, 0.2) is 56.8 Å². The number of hydrogen-bond donors (Lipinski definition) is 1. The van der Waals surface area contributed by atoms with Gasteiger partial charge in [0.25, 0.3) is 5.69 Å². The maximum Gasteiger partial charge on any atom is 0.336 e. The van der Waals surface area contributed by atoms with Gasteiger partial charge in [0.2, 0.25) is 0 Å². The highest BCUT2D eigenvalue weighted by Crippen LogP contribution is 2.29. The molecule has 0 spiro atoms. The molecule has 0 saturated carbocycles. The highest BCUT2D eigenvalue weighted by molar-refractivity contribution is 5.85. The Bertz CT molecular complexity index is 1230. The molecule has 0 atom stereocenters. The number of anilines is 1. The number of hydrazone groups is 1. The predicted octanol–water partition coefficient (Wildman–Crippen LogP) is 3.78. The number of aryl methyl sites for hydroxylation is 1. The molecule has 0 unspecified atom stereocenters. The first kappa shape index (κ1) is 20.5. The van der Waals surface area contributed by atoms with E-state index in [1.165, 1.54) is 12.1 Å². The van der Waals surface area contributed by atoms with E-state index in [0.717, 1.165) is 23.1 Å². The normalized spacial score (nSPS) is 11.3. The Morgan fingerprint density at radius 1 is 1.13 bits per heavy atom. The van der Waals surface area contributed by atoms with Gasteiger partial charge in [-0.1, -0.05) is 0 Å². The third-order valence-corrected chi connectivity index (χ3v) is 4.13. The zero-order valence-corrected chi connectivity index (χ0v) is 15.9. The van der Waals surface area contributed by atoms with Gasteiger partial charge in [0.1, 0.15) is 23.6 Å². The Morgan fingerprint density at radius 3 is 2.60 bits per heavy atom. The molecule has 0 bridgehead atoms. The summed E-state index contributed by atoms with van der Waals surface area (Å²) in [6.45, 7) is 3.49. The number of nitrogens with zero attached hydrogens (tertiary/aromatic N) is 3. The maximum absolute atomic E-state index is 11.5. The van der Waals surface area contributed by atoms with Crippen molar-refractivity contribution in [1.82, 2.24) is 0 Å². The second-order valence-electron chi connectivity index (χ2n) is 6.37. The molecule has 30 heavy (non-hydrogen) atoms. The summed E-state index contributed by atoms with van der Waals surface area (Å²) >= 11 is 0. The Morgan fingerprint density at radius 2 is 1.90 bits per heavy atom. The molecule has 0 saturated heterocycles. The van der Waals surface area contributed by atoms with Gasteiger partial charge in [0.05, 0.1) is 21.6 Å². The first-order valence-electron chi connectivity index (χ1n) is 8.64. The van der Waals surface area contributed by atoms with Gasteiger partial charge in [-0.05, 0) is 37.6 Å². The average molecular weight is 412 g/mol. The lowest BCUT2D eigenvalue weighted by molar-refractivity contribution is -0.393. The smallest absolute Gasteiger partial charge is 0.336 e. The van der Waals surface area contributed by atoms with E-state index in [2.05, 4.69) is 10.5 Å². The summed E-state index contributed by atoms with van der Waals surface area (Å²) in [6, 6.07) is 9.69. The molecule has 0 fully saturated rings. The van der Waals surface area contributed by atoms with E-state index in [1.54, 1.807) is 32.0 Å². The Balaban J connectivity index is 1.72. The SMILES string of the molecule is C/C(COc1ccc2c(C)cc(=O)oc2c1)=N\Nc1ccc([N+](=O)[O-])cc1[N+](=O)[O-]. The van der Waals surface area contributed by atoms with Crippen molar-refractivity contribution in [2.45, 2.75) is 13.8 Å². The zero-order chi connectivity index (χ0) is 21.8. The van der Waals surface area contributed by atoms with Crippen LogP contribution in [0.4, 0.5) is 17.1 Å². The largest absolute Gasteiger partial charge is 0.487 e. The molecule has 1 heterocycles. The topological polar surface area (TPSA) is 150 Å². The van der Waals surface area contributed by atoms with Gasteiger partial charge in [-0.3, -0.25) is 25.7 Å². The van der Waals surface area contributed by atoms with Crippen LogP contribution in [-0.4, -0.2) is 22.2 Å². The molecule has 154 valence electrons. The van der Waals surface area contributed by atoms with Gasteiger partial charge < -0.3 is 9.15 Å². The first-order chi connectivity index (χ1) is 14.2. The van der Waals surface area contributed by atoms with Crippen LogP contribution in [0.2, 0.25) is 0 Å². The number of rotatable bonds is 7. The van der Waals surface area contributed by atoms with Gasteiger partial charge in [0, 0.05) is 23.6 Å². The van der Waals surface area contributed by atoms with E-state index in [1.807, 2.05) is 0 Å². The molecule has 0 aliphatic carbocycles. The summed E-state index contributed by atoms with van der Waals surface area (Å²) in [7, 11) is 0. The van der Waals surface area contributed by atoms with Crippen molar-refractivity contribution < 1.29 is 19.0 Å². The summed E-state index contributed by atoms with van der Waals surface area (Å²) in [5, 5.41) is 26.7. The number of non-ortho nitro benzene ring substituents is 1. The number of nitro groups is 2. The fourth-order valence-electron chi connectivity index (χ4n) is 2.65. The van der Waals surface area contributed by atoms with E-state index in [9.17, 15) is 25.0 Å². The maximum atomic E-state index is 11.5. The number of nitro benzene ring substituents is 2. The zero-order valence-electron chi connectivity index (χ0n) is 15.9. The molecule has 3 rings (SSSR count). The van der Waals surface area contributed by atoms with Crippen LogP contribution in [0.1, 0.15) is 12.5 Å². The van der Waals surface area contributed by atoms with Crippen LogP contribution in [0.5, 0.6) is 5.75 Å². The quantitative estimate of drug-likeness (QED) is 0.266. The molecule has 0 radical (unpaired) electrons. The fourth-order valence-corrected chi connectivity index (χ4v) is 2.65. The number of benzene rings is 2. The first-order valence-corrected chi connectivity index (χ1v) is 8.64. The minimum atomic E-state index is -0.735. The third kappa shape index (κ3) is 4.58. The van der Waals surface area contributed by atoms with Crippen molar-refractivity contribution >= 4 is 33.7 Å². The van der Waals surface area contributed by atoms with Crippen molar-refractivity contribution in [3.63, 3.8) is 0 Å². The van der Waals surface area contributed by atoms with E-state index in [0.29, 0.717) is 17.0 Å². The molecule has 11 nitrogen and oxygen atoms in total. The fraction of sp³-hybridized carbons (Fsp3) is 0.158. The highest BCUT2D eigenvalue weighted by Gasteiger charge is 2.19. The van der Waals surface area contributed by atoms with Crippen LogP contribution in [-0.2, 0) is 0 Å². The highest BCUT2D eigenvalue weighted by atomic mass is 16.6. The van der Waals surface area contributed by atoms with Crippen LogP contribution in [0.3, 0.4) is 0 Å². The van der Waals surface area contributed by atoms with Crippen molar-refractivity contribution in [2.24, 2.45) is 5.10 Å². The summed E-state index contributed by atoms with van der Waals surface area (Å²) in [4.78, 5) is 32.0. The monoisotopic (exact) mass is 412 g/mol. The van der Waals surface area contributed by atoms with Crippen molar-refractivity contribution in [3.8, 4) is 5.75 Å². The van der Waals surface area contributed by atoms with Gasteiger partial charge in [-0.25, -0.2) is 4.79 Å². The summed E-state index contributed by atoms with van der Waals surface area (Å²) < 4.78 is 10.8. The van der Waals surface area contributed by atoms with E-state index < -0.39 is 26.8 Å². The third-order valence-electron chi connectivity index (χ3n) is 4.13. The summed E-state index contributed by atoms with van der Waals surface area (Å²) in [6.07, 6.45) is 0.